The smallest absolute Gasteiger partial charge is 0.221 e. The molecular formula is C16H24N4O4. The van der Waals surface area contributed by atoms with E-state index < -0.39 is 12.3 Å². The van der Waals surface area contributed by atoms with Crippen molar-refractivity contribution in [1.29, 1.82) is 10.5 Å². The number of aliphatic hydroxyl groups is 1. The Hall–Kier alpha value is -2.16. The highest BCUT2D eigenvalue weighted by Crippen LogP contribution is 2.18. The quantitative estimate of drug-likeness (QED) is 0.607. The molecule has 1 heterocycles. The number of rotatable bonds is 7. The number of amides is 2. The number of nitriles is 2. The molecule has 0 aromatic carbocycles. The van der Waals surface area contributed by atoms with Gasteiger partial charge in [-0.3, -0.25) is 9.59 Å². The van der Waals surface area contributed by atoms with Crippen molar-refractivity contribution in [2.75, 3.05) is 6.54 Å². The largest absolute Gasteiger partial charge is 0.366 e. The van der Waals surface area contributed by atoms with Crippen LogP contribution in [0.2, 0.25) is 0 Å². The van der Waals surface area contributed by atoms with Crippen LogP contribution in [0.1, 0.15) is 39.5 Å². The summed E-state index contributed by atoms with van der Waals surface area (Å²) in [6, 6.07) is 3.45. The number of aliphatic hydroxyl groups excluding tert-OH is 1. The molecule has 0 spiro atoms. The van der Waals surface area contributed by atoms with Gasteiger partial charge in [-0.15, -0.1) is 0 Å². The molecule has 8 heteroatoms. The van der Waals surface area contributed by atoms with Crippen molar-refractivity contribution in [3.05, 3.63) is 0 Å². The Morgan fingerprint density at radius 3 is 2.29 bits per heavy atom. The molecule has 2 amide bonds. The third-order valence-corrected chi connectivity index (χ3v) is 3.77. The lowest BCUT2D eigenvalue weighted by molar-refractivity contribution is -0.179. The predicted molar refractivity (Wildman–Crippen MR) is 83.8 cm³/mol. The van der Waals surface area contributed by atoms with E-state index in [1.54, 1.807) is 13.8 Å². The molecule has 0 bridgehead atoms. The van der Waals surface area contributed by atoms with Gasteiger partial charge in [0.05, 0.1) is 36.1 Å². The van der Waals surface area contributed by atoms with Crippen LogP contribution in [0.5, 0.6) is 0 Å². The third kappa shape index (κ3) is 6.95. The Morgan fingerprint density at radius 2 is 1.75 bits per heavy atom. The topological polar surface area (TPSA) is 135 Å². The molecule has 1 fully saturated rings. The van der Waals surface area contributed by atoms with Crippen molar-refractivity contribution in [1.82, 2.24) is 10.6 Å². The molecule has 5 atom stereocenters. The van der Waals surface area contributed by atoms with E-state index >= 15 is 0 Å². The van der Waals surface area contributed by atoms with E-state index in [0.717, 1.165) is 0 Å². The normalized spacial score (nSPS) is 25.6. The lowest BCUT2D eigenvalue weighted by Gasteiger charge is -2.34. The number of ether oxygens (including phenoxy) is 1. The fraction of sp³-hybridized carbons (Fsp3) is 0.750. The molecule has 0 aromatic heterocycles. The highest BCUT2D eigenvalue weighted by Gasteiger charge is 2.31. The van der Waals surface area contributed by atoms with Gasteiger partial charge in [0.25, 0.3) is 0 Å². The molecule has 1 rings (SSSR count). The molecule has 0 aromatic rings. The van der Waals surface area contributed by atoms with Gasteiger partial charge in [0.1, 0.15) is 0 Å². The lowest BCUT2D eigenvalue weighted by Crippen LogP contribution is -2.51. The van der Waals surface area contributed by atoms with Gasteiger partial charge in [-0.25, -0.2) is 0 Å². The van der Waals surface area contributed by atoms with E-state index in [4.69, 9.17) is 15.3 Å². The first kappa shape index (κ1) is 19.9. The van der Waals surface area contributed by atoms with Crippen LogP contribution in [0.4, 0.5) is 0 Å². The van der Waals surface area contributed by atoms with Gasteiger partial charge < -0.3 is 20.5 Å². The molecule has 1 saturated heterocycles. The third-order valence-electron chi connectivity index (χ3n) is 3.77. The fourth-order valence-electron chi connectivity index (χ4n) is 2.37. The molecule has 5 unspecified atom stereocenters. The number of hydrogen-bond acceptors (Lipinski definition) is 6. The maximum atomic E-state index is 11.7. The Kier molecular flexibility index (Phi) is 8.17. The van der Waals surface area contributed by atoms with E-state index in [-0.39, 0.29) is 49.1 Å². The number of carbonyl (C=O) groups is 2. The second-order valence-corrected chi connectivity index (χ2v) is 6.17. The predicted octanol–water partition coefficient (Wildman–Crippen LogP) is 0.184. The molecule has 0 radical (unpaired) electrons. The van der Waals surface area contributed by atoms with Crippen LogP contribution in [0.25, 0.3) is 0 Å². The summed E-state index contributed by atoms with van der Waals surface area (Å²) in [6.07, 6.45) is -0.197. The first-order valence-corrected chi connectivity index (χ1v) is 8.04. The summed E-state index contributed by atoms with van der Waals surface area (Å²) in [6.45, 7) is 3.57. The Balaban J connectivity index is 2.33. The van der Waals surface area contributed by atoms with Gasteiger partial charge in [0.2, 0.25) is 11.8 Å². The van der Waals surface area contributed by atoms with Crippen LogP contribution in [-0.4, -0.2) is 41.9 Å². The molecule has 3 N–H and O–H groups in total. The molecule has 1 aliphatic heterocycles. The summed E-state index contributed by atoms with van der Waals surface area (Å²) in [5.74, 6) is -1.26. The summed E-state index contributed by atoms with van der Waals surface area (Å²) in [5, 5.41) is 32.7. The van der Waals surface area contributed by atoms with Gasteiger partial charge in [0, 0.05) is 19.4 Å². The van der Waals surface area contributed by atoms with Crippen molar-refractivity contribution in [2.24, 2.45) is 11.8 Å². The van der Waals surface area contributed by atoms with Crippen LogP contribution in [0, 0.1) is 34.5 Å². The maximum Gasteiger partial charge on any atom is 0.221 e. The summed E-state index contributed by atoms with van der Waals surface area (Å²) in [4.78, 5) is 23.4. The number of nitrogens with one attached hydrogen (secondary N) is 2. The minimum atomic E-state index is -1.15. The molecule has 0 saturated carbocycles. The molecule has 1 aliphatic rings. The van der Waals surface area contributed by atoms with Crippen LogP contribution < -0.4 is 10.6 Å². The summed E-state index contributed by atoms with van der Waals surface area (Å²) >= 11 is 0. The zero-order chi connectivity index (χ0) is 18.1. The second kappa shape index (κ2) is 9.86. The Morgan fingerprint density at radius 1 is 1.17 bits per heavy atom. The Bertz CT molecular complexity index is 525. The fourth-order valence-corrected chi connectivity index (χ4v) is 2.37. The van der Waals surface area contributed by atoms with Crippen LogP contribution >= 0.6 is 0 Å². The van der Waals surface area contributed by atoms with Crippen LogP contribution in [-0.2, 0) is 14.3 Å². The molecule has 0 aliphatic carbocycles. The van der Waals surface area contributed by atoms with Crippen molar-refractivity contribution in [2.45, 2.75) is 58.0 Å². The second-order valence-electron chi connectivity index (χ2n) is 6.17. The first-order chi connectivity index (χ1) is 11.3. The number of hydrogen-bond donors (Lipinski definition) is 3. The van der Waals surface area contributed by atoms with E-state index in [2.05, 4.69) is 10.6 Å². The van der Waals surface area contributed by atoms with Crippen LogP contribution in [0.3, 0.4) is 0 Å². The average molecular weight is 336 g/mol. The minimum absolute atomic E-state index is 0.0796. The van der Waals surface area contributed by atoms with E-state index in [1.807, 2.05) is 12.1 Å². The van der Waals surface area contributed by atoms with Crippen LogP contribution in [0.15, 0.2) is 0 Å². The minimum Gasteiger partial charge on any atom is -0.366 e. The highest BCUT2D eigenvalue weighted by atomic mass is 16.6. The summed E-state index contributed by atoms with van der Waals surface area (Å²) in [5.41, 5.74) is 0. The maximum absolute atomic E-state index is 11.7. The first-order valence-electron chi connectivity index (χ1n) is 8.04. The van der Waals surface area contributed by atoms with Crippen molar-refractivity contribution < 1.29 is 19.4 Å². The van der Waals surface area contributed by atoms with Gasteiger partial charge in [0.15, 0.2) is 6.29 Å². The highest BCUT2D eigenvalue weighted by molar-refractivity contribution is 5.77. The summed E-state index contributed by atoms with van der Waals surface area (Å²) in [7, 11) is 0. The summed E-state index contributed by atoms with van der Waals surface area (Å²) < 4.78 is 5.41. The van der Waals surface area contributed by atoms with Gasteiger partial charge >= 0.3 is 0 Å². The monoisotopic (exact) mass is 336 g/mol. The standard InChI is InChI=1S/C16H24N4O4/c1-10(7-17)5-14(21)19-9-12-3-4-13(16(23)24-12)20-15(22)6-11(2)8-18/h10-13,16,23H,3-6,9H2,1-2H3,(H,19,21)(H,20,22). The SMILES string of the molecule is CC(C#N)CC(=O)NCC1CCC(NC(=O)CC(C)C#N)C(O)O1. The van der Waals surface area contributed by atoms with Crippen molar-refractivity contribution in [3.63, 3.8) is 0 Å². The zero-order valence-electron chi connectivity index (χ0n) is 14.0. The average Bonchev–Trinajstić information content (AvgIpc) is 2.54. The molecule has 24 heavy (non-hydrogen) atoms. The Labute approximate surface area is 141 Å². The van der Waals surface area contributed by atoms with Crippen molar-refractivity contribution >= 4 is 11.8 Å². The molecule has 8 nitrogen and oxygen atoms in total. The van der Waals surface area contributed by atoms with E-state index in [0.29, 0.717) is 12.8 Å². The van der Waals surface area contributed by atoms with Gasteiger partial charge in [-0.05, 0) is 26.7 Å². The van der Waals surface area contributed by atoms with Gasteiger partial charge in [-0.2, -0.15) is 10.5 Å². The molecular weight excluding hydrogens is 312 g/mol. The van der Waals surface area contributed by atoms with Crippen molar-refractivity contribution in [3.8, 4) is 12.1 Å². The lowest BCUT2D eigenvalue weighted by atomic mass is 10.0. The number of nitrogens with zero attached hydrogens (tertiary/aromatic N) is 2. The number of carbonyl (C=O) groups excluding carboxylic acids is 2. The van der Waals surface area contributed by atoms with E-state index in [9.17, 15) is 14.7 Å². The van der Waals surface area contributed by atoms with E-state index in [1.165, 1.54) is 0 Å². The zero-order valence-corrected chi connectivity index (χ0v) is 14.0. The molecule has 132 valence electrons. The van der Waals surface area contributed by atoms with Gasteiger partial charge in [-0.1, -0.05) is 0 Å².